The summed E-state index contributed by atoms with van der Waals surface area (Å²) in [6, 6.07) is 3.59. The van der Waals surface area contributed by atoms with E-state index in [0.29, 0.717) is 0 Å². The molecular weight excluding hydrogens is 412 g/mol. The van der Waals surface area contributed by atoms with Crippen molar-refractivity contribution in [3.8, 4) is 12.0 Å². The van der Waals surface area contributed by atoms with Gasteiger partial charge in [-0.2, -0.15) is 25.0 Å². The summed E-state index contributed by atoms with van der Waals surface area (Å²) in [5, 5.41) is 27.2. The third-order valence-corrected chi connectivity index (χ3v) is 4.04. The second-order valence-corrected chi connectivity index (χ2v) is 7.37. The van der Waals surface area contributed by atoms with Crippen LogP contribution in [-0.2, 0) is 10.0 Å². The molecule has 0 fully saturated rings. The third-order valence-electron chi connectivity index (χ3n) is 3.48. The Labute approximate surface area is 171 Å². The first kappa shape index (κ1) is 20.5. The molecule has 0 aliphatic carbocycles. The zero-order valence-electron chi connectivity index (χ0n) is 16.1. The third kappa shape index (κ3) is 4.44. The van der Waals surface area contributed by atoms with E-state index in [4.69, 9.17) is 0 Å². The van der Waals surface area contributed by atoms with Gasteiger partial charge in [-0.25, -0.2) is 18.4 Å². The molecule has 0 aliphatic heterocycles. The highest BCUT2D eigenvalue weighted by Crippen LogP contribution is 2.34. The number of aromatic nitrogens is 6. The van der Waals surface area contributed by atoms with Crippen LogP contribution in [0.25, 0.3) is 5.95 Å². The van der Waals surface area contributed by atoms with Crippen molar-refractivity contribution in [2.45, 2.75) is 0 Å². The highest BCUT2D eigenvalue weighted by Gasteiger charge is 2.18. The molecule has 154 valence electrons. The van der Waals surface area contributed by atoms with Gasteiger partial charge >= 0.3 is 0 Å². The second kappa shape index (κ2) is 8.45. The number of anilines is 3. The fourth-order valence-electron chi connectivity index (χ4n) is 2.24. The van der Waals surface area contributed by atoms with Gasteiger partial charge in [0.1, 0.15) is 11.6 Å². The van der Waals surface area contributed by atoms with Crippen molar-refractivity contribution >= 4 is 39.1 Å². The smallest absolute Gasteiger partial charge is 0.252 e. The first-order valence-electron chi connectivity index (χ1n) is 8.29. The molecule has 0 aromatic carbocycles. The normalized spacial score (nSPS) is 11.3. The summed E-state index contributed by atoms with van der Waals surface area (Å²) in [6.07, 6.45) is 5.28. The van der Waals surface area contributed by atoms with Gasteiger partial charge in [0.2, 0.25) is 16.0 Å². The summed E-state index contributed by atoms with van der Waals surface area (Å²) in [7, 11) is -0.515. The minimum absolute atomic E-state index is 0.00699. The fraction of sp³-hybridized carbons (Fsp3) is 0.200. The molecular formula is C15H16N12O2S. The van der Waals surface area contributed by atoms with Gasteiger partial charge in [-0.1, -0.05) is 0 Å². The van der Waals surface area contributed by atoms with Crippen molar-refractivity contribution in [3.63, 3.8) is 0 Å². The van der Waals surface area contributed by atoms with Crippen LogP contribution in [0, 0.1) is 11.3 Å². The molecule has 15 heteroatoms. The van der Waals surface area contributed by atoms with Crippen LogP contribution in [0.5, 0.6) is 0 Å². The Morgan fingerprint density at radius 2 is 1.80 bits per heavy atom. The lowest BCUT2D eigenvalue weighted by Crippen LogP contribution is -2.13. The van der Waals surface area contributed by atoms with E-state index < -0.39 is 10.0 Å². The van der Waals surface area contributed by atoms with Crippen LogP contribution in [0.1, 0.15) is 5.56 Å². The summed E-state index contributed by atoms with van der Waals surface area (Å²) < 4.78 is 27.0. The Kier molecular flexibility index (Phi) is 5.78. The van der Waals surface area contributed by atoms with E-state index in [1.165, 1.54) is 23.3 Å². The number of rotatable bonds is 7. The van der Waals surface area contributed by atoms with Crippen LogP contribution in [-0.4, -0.2) is 58.5 Å². The molecule has 30 heavy (non-hydrogen) atoms. The van der Waals surface area contributed by atoms with Crippen LogP contribution in [0.4, 0.5) is 29.1 Å². The molecule has 0 saturated carbocycles. The van der Waals surface area contributed by atoms with E-state index in [2.05, 4.69) is 50.6 Å². The predicted molar refractivity (Wildman–Crippen MR) is 108 cm³/mol. The minimum Gasteiger partial charge on any atom is -0.371 e. The van der Waals surface area contributed by atoms with Crippen LogP contribution >= 0.6 is 0 Å². The molecule has 0 aliphatic rings. The average Bonchev–Trinajstić information content (AvgIpc) is 3.14. The largest absolute Gasteiger partial charge is 0.371 e. The molecule has 3 aromatic heterocycles. The summed E-state index contributed by atoms with van der Waals surface area (Å²) in [5.41, 5.74) is 0.121. The molecule has 3 N–H and O–H groups in total. The highest BCUT2D eigenvalue weighted by atomic mass is 32.2. The van der Waals surface area contributed by atoms with Gasteiger partial charge in [0.05, 0.1) is 12.5 Å². The lowest BCUT2D eigenvalue weighted by Gasteiger charge is -2.11. The van der Waals surface area contributed by atoms with Gasteiger partial charge < -0.3 is 10.6 Å². The Morgan fingerprint density at radius 1 is 1.10 bits per heavy atom. The first-order chi connectivity index (χ1) is 14.4. The van der Waals surface area contributed by atoms with Crippen LogP contribution in [0.15, 0.2) is 34.9 Å². The van der Waals surface area contributed by atoms with Crippen molar-refractivity contribution < 1.29 is 8.42 Å². The van der Waals surface area contributed by atoms with Crippen LogP contribution in [0.2, 0.25) is 0 Å². The second-order valence-electron chi connectivity index (χ2n) is 5.62. The Balaban J connectivity index is 2.15. The van der Waals surface area contributed by atoms with E-state index >= 15 is 0 Å². The zero-order chi connectivity index (χ0) is 21.7. The number of hydrogen-bond acceptors (Lipinski definition) is 12. The van der Waals surface area contributed by atoms with Crippen molar-refractivity contribution in [2.24, 2.45) is 10.2 Å². The number of nitriles is 1. The lowest BCUT2D eigenvalue weighted by atomic mass is 10.4. The van der Waals surface area contributed by atoms with Crippen LogP contribution < -0.4 is 15.4 Å². The van der Waals surface area contributed by atoms with E-state index in [1.807, 2.05) is 6.07 Å². The zero-order valence-corrected chi connectivity index (χ0v) is 16.9. The molecule has 14 nitrogen and oxygen atoms in total. The molecule has 0 atom stereocenters. The van der Waals surface area contributed by atoms with Gasteiger partial charge in [-0.3, -0.25) is 4.72 Å². The van der Waals surface area contributed by atoms with E-state index in [9.17, 15) is 13.7 Å². The molecule has 0 spiro atoms. The molecule has 0 radical (unpaired) electrons. The Hall–Kier alpha value is -4.19. The monoisotopic (exact) mass is 428 g/mol. The SMILES string of the molecule is CNc1nc(NC)c(/N=N/c2c(C#N)cnn2-c2ncccn2)c(NS(C)(=O)=O)n1. The van der Waals surface area contributed by atoms with E-state index in [1.54, 1.807) is 20.2 Å². The Bertz CT molecular complexity index is 1230. The minimum atomic E-state index is -3.67. The molecule has 0 unspecified atom stereocenters. The molecule has 0 bridgehead atoms. The topological polar surface area (TPSA) is 188 Å². The number of nitrogens with one attached hydrogen (secondary N) is 3. The predicted octanol–water partition coefficient (Wildman–Crippen LogP) is 1.19. The molecule has 3 rings (SSSR count). The van der Waals surface area contributed by atoms with Gasteiger partial charge in [-0.05, 0) is 6.07 Å². The number of nitrogens with zero attached hydrogens (tertiary/aromatic N) is 9. The summed E-state index contributed by atoms with van der Waals surface area (Å²) in [6.45, 7) is 0. The quantitative estimate of drug-likeness (QED) is 0.461. The van der Waals surface area contributed by atoms with E-state index in [0.717, 1.165) is 6.26 Å². The number of azo groups is 1. The molecule has 3 aromatic rings. The van der Waals surface area contributed by atoms with E-state index in [-0.39, 0.29) is 40.6 Å². The van der Waals surface area contributed by atoms with Crippen molar-refractivity contribution in [1.29, 1.82) is 5.26 Å². The highest BCUT2D eigenvalue weighted by molar-refractivity contribution is 7.92. The maximum absolute atomic E-state index is 11.8. The van der Waals surface area contributed by atoms with Crippen molar-refractivity contribution in [2.75, 3.05) is 35.7 Å². The fourth-order valence-corrected chi connectivity index (χ4v) is 2.74. The van der Waals surface area contributed by atoms with Crippen molar-refractivity contribution in [3.05, 3.63) is 30.2 Å². The first-order valence-corrected chi connectivity index (χ1v) is 10.2. The summed E-state index contributed by atoms with van der Waals surface area (Å²) in [5.74, 6) is 0.479. The lowest BCUT2D eigenvalue weighted by molar-refractivity contribution is 0.606. The molecule has 0 amide bonds. The summed E-state index contributed by atoms with van der Waals surface area (Å²) in [4.78, 5) is 16.4. The Morgan fingerprint density at radius 3 is 2.40 bits per heavy atom. The van der Waals surface area contributed by atoms with Crippen LogP contribution in [0.3, 0.4) is 0 Å². The summed E-state index contributed by atoms with van der Waals surface area (Å²) >= 11 is 0. The standard InChI is InChI=1S/C15H16N12O2S/c1-17-11-10(12(26-30(3,28)29)23-14(18-2)22-11)24-25-13-9(7-16)8-21-27(13)15-19-5-4-6-20-15/h4-6,8H,1-3H3,(H3,17,18,22,23,26)/b25-24+. The maximum atomic E-state index is 11.8. The van der Waals surface area contributed by atoms with Crippen molar-refractivity contribution in [1.82, 2.24) is 29.7 Å². The molecule has 0 saturated heterocycles. The van der Waals surface area contributed by atoms with Gasteiger partial charge in [0.15, 0.2) is 23.1 Å². The maximum Gasteiger partial charge on any atom is 0.252 e. The van der Waals surface area contributed by atoms with Gasteiger partial charge in [-0.15, -0.1) is 10.2 Å². The van der Waals surface area contributed by atoms with Gasteiger partial charge in [0, 0.05) is 26.5 Å². The average molecular weight is 428 g/mol. The molecule has 3 heterocycles. The number of sulfonamides is 1. The van der Waals surface area contributed by atoms with Gasteiger partial charge in [0.25, 0.3) is 5.95 Å². The number of hydrogen-bond donors (Lipinski definition) is 3.